The van der Waals surface area contributed by atoms with Crippen molar-refractivity contribution in [3.63, 3.8) is 0 Å². The summed E-state index contributed by atoms with van der Waals surface area (Å²) in [5.41, 5.74) is 1.41. The highest BCUT2D eigenvalue weighted by Gasteiger charge is 2.23. The Balaban J connectivity index is 1.51. The van der Waals surface area contributed by atoms with Crippen LogP contribution in [0.1, 0.15) is 5.56 Å². The van der Waals surface area contributed by atoms with Crippen LogP contribution in [0.2, 0.25) is 0 Å². The van der Waals surface area contributed by atoms with Gasteiger partial charge in [0, 0.05) is 44.7 Å². The molecule has 1 aromatic rings. The molecule has 0 radical (unpaired) electrons. The first-order valence-corrected chi connectivity index (χ1v) is 9.34. The summed E-state index contributed by atoms with van der Waals surface area (Å²) in [6.45, 7) is 4.58. The first kappa shape index (κ1) is 17.5. The van der Waals surface area contributed by atoms with Crippen LogP contribution in [0.15, 0.2) is 47.1 Å². The number of benzene rings is 1. The van der Waals surface area contributed by atoms with Gasteiger partial charge >= 0.3 is 0 Å². The number of hydrogen-bond acceptors (Lipinski definition) is 6. The normalized spacial score (nSPS) is 18.6. The third kappa shape index (κ3) is 4.84. The standard InChI is InChI=1S/C18H21N5OS/c19-12-16(13-21-18-20-6-11-25-18)17(24)23-9-7-22(8-10-23)14-15-4-2-1-3-5-15/h1-5,13H,6-11,14H2,(H,20,21)/b16-13-. The summed E-state index contributed by atoms with van der Waals surface area (Å²) in [5, 5.41) is 13.0. The highest BCUT2D eigenvalue weighted by molar-refractivity contribution is 8.14. The number of aliphatic imine (C=N–C) groups is 1. The smallest absolute Gasteiger partial charge is 0.266 e. The van der Waals surface area contributed by atoms with E-state index in [0.717, 1.165) is 37.1 Å². The summed E-state index contributed by atoms with van der Waals surface area (Å²) >= 11 is 1.60. The number of nitriles is 1. The number of nitrogens with one attached hydrogen (secondary N) is 1. The second-order valence-corrected chi connectivity index (χ2v) is 6.99. The van der Waals surface area contributed by atoms with Crippen LogP contribution in [0, 0.1) is 11.3 Å². The minimum Gasteiger partial charge on any atom is -0.340 e. The molecule has 2 aliphatic heterocycles. The number of rotatable bonds is 4. The van der Waals surface area contributed by atoms with E-state index in [1.54, 1.807) is 16.7 Å². The van der Waals surface area contributed by atoms with Gasteiger partial charge < -0.3 is 10.2 Å². The lowest BCUT2D eigenvalue weighted by Crippen LogP contribution is -2.48. The number of carbonyl (C=O) groups excluding carboxylic acids is 1. The minimum absolute atomic E-state index is 0.131. The van der Waals surface area contributed by atoms with Gasteiger partial charge in [-0.15, -0.1) is 0 Å². The van der Waals surface area contributed by atoms with Crippen molar-refractivity contribution < 1.29 is 4.79 Å². The van der Waals surface area contributed by atoms with E-state index in [9.17, 15) is 10.1 Å². The van der Waals surface area contributed by atoms with Crippen molar-refractivity contribution in [2.45, 2.75) is 6.54 Å². The van der Waals surface area contributed by atoms with E-state index in [-0.39, 0.29) is 11.5 Å². The molecule has 7 heteroatoms. The van der Waals surface area contributed by atoms with Gasteiger partial charge in [0.1, 0.15) is 11.6 Å². The van der Waals surface area contributed by atoms with Crippen LogP contribution in [-0.2, 0) is 11.3 Å². The van der Waals surface area contributed by atoms with Crippen LogP contribution in [0.3, 0.4) is 0 Å². The molecule has 2 aliphatic rings. The molecule has 0 bridgehead atoms. The predicted molar refractivity (Wildman–Crippen MR) is 99.9 cm³/mol. The highest BCUT2D eigenvalue weighted by Crippen LogP contribution is 2.12. The van der Waals surface area contributed by atoms with Crippen molar-refractivity contribution in [3.05, 3.63) is 47.7 Å². The predicted octanol–water partition coefficient (Wildman–Crippen LogP) is 1.43. The average Bonchev–Trinajstić information content (AvgIpc) is 3.17. The summed E-state index contributed by atoms with van der Waals surface area (Å²) < 4.78 is 0. The molecule has 1 N–H and O–H groups in total. The molecule has 0 atom stereocenters. The number of carbonyl (C=O) groups is 1. The van der Waals surface area contributed by atoms with Crippen LogP contribution >= 0.6 is 11.8 Å². The van der Waals surface area contributed by atoms with Gasteiger partial charge in [0.05, 0.1) is 6.54 Å². The van der Waals surface area contributed by atoms with E-state index in [0.29, 0.717) is 13.1 Å². The van der Waals surface area contributed by atoms with Crippen molar-refractivity contribution in [2.24, 2.45) is 4.99 Å². The molecule has 0 spiro atoms. The summed E-state index contributed by atoms with van der Waals surface area (Å²) in [7, 11) is 0. The molecule has 130 valence electrons. The van der Waals surface area contributed by atoms with E-state index in [1.807, 2.05) is 24.3 Å². The van der Waals surface area contributed by atoms with Gasteiger partial charge in [-0.1, -0.05) is 42.1 Å². The zero-order valence-corrected chi connectivity index (χ0v) is 14.8. The van der Waals surface area contributed by atoms with Crippen LogP contribution in [0.5, 0.6) is 0 Å². The van der Waals surface area contributed by atoms with E-state index in [1.165, 1.54) is 11.8 Å². The Kier molecular flexibility index (Phi) is 6.09. The Hall–Kier alpha value is -2.30. The molecular weight excluding hydrogens is 334 g/mol. The Bertz CT molecular complexity index is 702. The molecule has 0 saturated carbocycles. The topological polar surface area (TPSA) is 71.7 Å². The lowest BCUT2D eigenvalue weighted by molar-refractivity contribution is -0.128. The molecule has 2 heterocycles. The number of nitrogens with zero attached hydrogens (tertiary/aromatic N) is 4. The lowest BCUT2D eigenvalue weighted by Gasteiger charge is -2.34. The van der Waals surface area contributed by atoms with Gasteiger partial charge in [0.25, 0.3) is 5.91 Å². The van der Waals surface area contributed by atoms with Gasteiger partial charge in [0.15, 0.2) is 5.17 Å². The summed E-state index contributed by atoms with van der Waals surface area (Å²) in [6, 6.07) is 12.3. The zero-order valence-electron chi connectivity index (χ0n) is 14.0. The Morgan fingerprint density at radius 2 is 2.04 bits per heavy atom. The van der Waals surface area contributed by atoms with E-state index in [4.69, 9.17) is 0 Å². The van der Waals surface area contributed by atoms with Gasteiger partial charge in [-0.3, -0.25) is 14.7 Å². The molecule has 1 amide bonds. The number of amidine groups is 1. The highest BCUT2D eigenvalue weighted by atomic mass is 32.2. The third-order valence-electron chi connectivity index (χ3n) is 4.18. The Morgan fingerprint density at radius 3 is 2.68 bits per heavy atom. The maximum atomic E-state index is 12.5. The molecule has 1 fully saturated rings. The summed E-state index contributed by atoms with van der Waals surface area (Å²) in [4.78, 5) is 20.9. The molecule has 6 nitrogen and oxygen atoms in total. The fraction of sp³-hybridized carbons (Fsp3) is 0.389. The fourth-order valence-electron chi connectivity index (χ4n) is 2.82. The SMILES string of the molecule is N#C/C(=C/NC1=NCCS1)C(=O)N1CCN(Cc2ccccc2)CC1. The number of thioether (sulfide) groups is 1. The quantitative estimate of drug-likeness (QED) is 0.653. The van der Waals surface area contributed by atoms with E-state index in [2.05, 4.69) is 27.3 Å². The largest absolute Gasteiger partial charge is 0.340 e. The van der Waals surface area contributed by atoms with Crippen molar-refractivity contribution >= 4 is 22.8 Å². The number of hydrogen-bond donors (Lipinski definition) is 1. The maximum Gasteiger partial charge on any atom is 0.266 e. The fourth-order valence-corrected chi connectivity index (χ4v) is 3.52. The number of piperazine rings is 1. The Labute approximate surface area is 152 Å². The Morgan fingerprint density at radius 1 is 1.28 bits per heavy atom. The third-order valence-corrected chi connectivity index (χ3v) is 5.09. The molecular formula is C18H21N5OS. The summed E-state index contributed by atoms with van der Waals surface area (Å²) in [6.07, 6.45) is 1.48. The molecule has 0 unspecified atom stereocenters. The van der Waals surface area contributed by atoms with Gasteiger partial charge in [0.2, 0.25) is 0 Å². The summed E-state index contributed by atoms with van der Waals surface area (Å²) in [5.74, 6) is 0.730. The van der Waals surface area contributed by atoms with Crippen molar-refractivity contribution in [3.8, 4) is 6.07 Å². The van der Waals surface area contributed by atoms with Gasteiger partial charge in [-0.05, 0) is 5.56 Å². The molecule has 25 heavy (non-hydrogen) atoms. The van der Waals surface area contributed by atoms with Crippen LogP contribution in [-0.4, -0.2) is 59.4 Å². The molecule has 0 aliphatic carbocycles. The monoisotopic (exact) mass is 355 g/mol. The van der Waals surface area contributed by atoms with Crippen molar-refractivity contribution in [1.29, 1.82) is 5.26 Å². The molecule has 3 rings (SSSR count). The number of amides is 1. The minimum atomic E-state index is -0.210. The van der Waals surface area contributed by atoms with E-state index >= 15 is 0 Å². The molecule has 1 saturated heterocycles. The van der Waals surface area contributed by atoms with Crippen molar-refractivity contribution in [1.82, 2.24) is 15.1 Å². The lowest BCUT2D eigenvalue weighted by atomic mass is 10.2. The zero-order chi connectivity index (χ0) is 17.5. The maximum absolute atomic E-state index is 12.5. The molecule has 1 aromatic carbocycles. The molecule has 0 aromatic heterocycles. The average molecular weight is 355 g/mol. The van der Waals surface area contributed by atoms with Crippen LogP contribution in [0.4, 0.5) is 0 Å². The first-order valence-electron chi connectivity index (χ1n) is 8.36. The second-order valence-electron chi connectivity index (χ2n) is 5.90. The van der Waals surface area contributed by atoms with Crippen LogP contribution in [0.25, 0.3) is 0 Å². The van der Waals surface area contributed by atoms with Gasteiger partial charge in [-0.2, -0.15) is 5.26 Å². The van der Waals surface area contributed by atoms with E-state index < -0.39 is 0 Å². The first-order chi connectivity index (χ1) is 12.3. The van der Waals surface area contributed by atoms with Crippen molar-refractivity contribution in [2.75, 3.05) is 38.5 Å². The van der Waals surface area contributed by atoms with Crippen LogP contribution < -0.4 is 5.32 Å². The van der Waals surface area contributed by atoms with Gasteiger partial charge in [-0.25, -0.2) is 0 Å². The second kappa shape index (κ2) is 8.70.